The number of Topliss-reactive ketones (excluding diaryl/α,β-unsaturated/α-hetero) is 1. The molecule has 0 N–H and O–H groups in total. The van der Waals surface area contributed by atoms with Crippen molar-refractivity contribution >= 4 is 5.78 Å². The Kier molecular flexibility index (Phi) is 1.83. The van der Waals surface area contributed by atoms with Crippen LogP contribution in [0.4, 0.5) is 0 Å². The minimum absolute atomic E-state index is 0.0844. The van der Waals surface area contributed by atoms with Crippen LogP contribution in [0.3, 0.4) is 0 Å². The Labute approximate surface area is 70.6 Å². The van der Waals surface area contributed by atoms with Crippen molar-refractivity contribution in [2.24, 2.45) is 0 Å². The van der Waals surface area contributed by atoms with Crippen LogP contribution in [0, 0.1) is 0 Å². The van der Waals surface area contributed by atoms with Crippen LogP contribution in [0.15, 0.2) is 23.8 Å². The quantitative estimate of drug-likeness (QED) is 0.433. The predicted octanol–water partition coefficient (Wildman–Crippen LogP) is 1.16. The summed E-state index contributed by atoms with van der Waals surface area (Å²) < 4.78 is 0. The van der Waals surface area contributed by atoms with E-state index in [4.69, 9.17) is 9.78 Å². The summed E-state index contributed by atoms with van der Waals surface area (Å²) in [6.45, 7) is 1.57. The lowest BCUT2D eigenvalue weighted by atomic mass is 10.1. The molecular formula is C9H10O3. The van der Waals surface area contributed by atoms with Crippen molar-refractivity contribution in [2.75, 3.05) is 0 Å². The zero-order valence-electron chi connectivity index (χ0n) is 6.82. The van der Waals surface area contributed by atoms with Gasteiger partial charge in [0.2, 0.25) is 0 Å². The van der Waals surface area contributed by atoms with Crippen LogP contribution in [0.25, 0.3) is 0 Å². The second kappa shape index (κ2) is 2.84. The number of rotatable bonds is 1. The molecule has 0 aromatic heterocycles. The average Bonchev–Trinajstić information content (AvgIpc) is 2.36. The van der Waals surface area contributed by atoms with Crippen molar-refractivity contribution in [1.29, 1.82) is 0 Å². The predicted molar refractivity (Wildman–Crippen MR) is 42.3 cm³/mol. The van der Waals surface area contributed by atoms with Gasteiger partial charge >= 0.3 is 0 Å². The van der Waals surface area contributed by atoms with E-state index in [0.717, 1.165) is 5.57 Å². The Balaban J connectivity index is 2.26. The Morgan fingerprint density at radius 1 is 1.50 bits per heavy atom. The molecule has 0 aromatic carbocycles. The normalized spacial score (nSPS) is 32.9. The molecule has 0 saturated carbocycles. The Bertz CT molecular complexity index is 265. The fraction of sp³-hybridized carbons (Fsp3) is 0.444. The highest BCUT2D eigenvalue weighted by atomic mass is 17.2. The zero-order valence-corrected chi connectivity index (χ0v) is 6.82. The minimum atomic E-state index is -0.178. The summed E-state index contributed by atoms with van der Waals surface area (Å²) >= 11 is 0. The second-order valence-electron chi connectivity index (χ2n) is 3.03. The molecule has 12 heavy (non-hydrogen) atoms. The van der Waals surface area contributed by atoms with Gasteiger partial charge in [0.25, 0.3) is 0 Å². The van der Waals surface area contributed by atoms with Gasteiger partial charge in [-0.25, -0.2) is 9.78 Å². The molecule has 64 valence electrons. The number of ketones is 1. The first-order valence-corrected chi connectivity index (χ1v) is 3.98. The van der Waals surface area contributed by atoms with Gasteiger partial charge in [0.15, 0.2) is 5.78 Å². The summed E-state index contributed by atoms with van der Waals surface area (Å²) in [5.41, 5.74) is 0.799. The summed E-state index contributed by atoms with van der Waals surface area (Å²) in [6.07, 6.45) is 6.01. The monoisotopic (exact) mass is 166 g/mol. The fourth-order valence-electron chi connectivity index (χ4n) is 1.36. The van der Waals surface area contributed by atoms with Crippen LogP contribution < -0.4 is 0 Å². The first-order valence-electron chi connectivity index (χ1n) is 3.98. The number of carbonyl (C=O) groups is 1. The largest absolute Gasteiger partial charge is 0.295 e. The van der Waals surface area contributed by atoms with Gasteiger partial charge in [0, 0.05) is 6.42 Å². The van der Waals surface area contributed by atoms with E-state index in [0.29, 0.717) is 6.42 Å². The number of fused-ring (bicyclic) bond motifs is 2. The van der Waals surface area contributed by atoms with Crippen LogP contribution in [-0.2, 0) is 14.6 Å². The molecule has 3 heteroatoms. The van der Waals surface area contributed by atoms with Crippen molar-refractivity contribution in [2.45, 2.75) is 25.6 Å². The molecule has 0 fully saturated rings. The molecule has 3 aliphatic rings. The lowest BCUT2D eigenvalue weighted by Crippen LogP contribution is -2.17. The van der Waals surface area contributed by atoms with Crippen molar-refractivity contribution in [3.63, 3.8) is 0 Å². The van der Waals surface area contributed by atoms with Crippen LogP contribution in [-0.4, -0.2) is 18.0 Å². The van der Waals surface area contributed by atoms with E-state index < -0.39 is 0 Å². The molecule has 0 saturated heterocycles. The van der Waals surface area contributed by atoms with Crippen LogP contribution >= 0.6 is 0 Å². The van der Waals surface area contributed by atoms with E-state index in [1.807, 2.05) is 18.2 Å². The summed E-state index contributed by atoms with van der Waals surface area (Å²) in [7, 11) is 0. The molecule has 1 aliphatic carbocycles. The molecule has 0 radical (unpaired) electrons. The Morgan fingerprint density at radius 3 is 2.92 bits per heavy atom. The molecule has 3 nitrogen and oxygen atoms in total. The first-order chi connectivity index (χ1) is 5.75. The van der Waals surface area contributed by atoms with Crippen LogP contribution in [0.1, 0.15) is 13.3 Å². The second-order valence-corrected chi connectivity index (χ2v) is 3.03. The maximum absolute atomic E-state index is 11.1. The van der Waals surface area contributed by atoms with Gasteiger partial charge in [-0.15, -0.1) is 0 Å². The fourth-order valence-corrected chi connectivity index (χ4v) is 1.36. The maximum atomic E-state index is 11.1. The van der Waals surface area contributed by atoms with Gasteiger partial charge in [-0.3, -0.25) is 4.79 Å². The van der Waals surface area contributed by atoms with Crippen molar-refractivity contribution < 1.29 is 14.6 Å². The average molecular weight is 166 g/mol. The number of hydrogen-bond donors (Lipinski definition) is 0. The maximum Gasteiger partial charge on any atom is 0.155 e. The van der Waals surface area contributed by atoms with E-state index in [9.17, 15) is 4.79 Å². The van der Waals surface area contributed by atoms with Gasteiger partial charge in [-0.05, 0) is 18.6 Å². The summed E-state index contributed by atoms with van der Waals surface area (Å²) in [5.74, 6) is 0.0998. The minimum Gasteiger partial charge on any atom is -0.295 e. The first kappa shape index (κ1) is 7.71. The lowest BCUT2D eigenvalue weighted by Gasteiger charge is -2.15. The van der Waals surface area contributed by atoms with E-state index in [-0.39, 0.29) is 18.0 Å². The summed E-state index contributed by atoms with van der Waals surface area (Å²) in [6, 6.07) is 0. The van der Waals surface area contributed by atoms with E-state index in [1.165, 1.54) is 0 Å². The van der Waals surface area contributed by atoms with E-state index in [1.54, 1.807) is 6.92 Å². The summed E-state index contributed by atoms with van der Waals surface area (Å²) in [5, 5.41) is 0. The smallest absolute Gasteiger partial charge is 0.155 e. The van der Waals surface area contributed by atoms with Gasteiger partial charge in [-0.2, -0.15) is 0 Å². The van der Waals surface area contributed by atoms with Gasteiger partial charge < -0.3 is 0 Å². The third-order valence-corrected chi connectivity index (χ3v) is 2.04. The molecule has 0 amide bonds. The Hall–Kier alpha value is -0.930. The molecule has 2 bridgehead atoms. The van der Waals surface area contributed by atoms with Crippen molar-refractivity contribution in [1.82, 2.24) is 0 Å². The molecule has 2 unspecified atom stereocenters. The SMILES string of the molecule is CC(=O)C1=CC2C=CC(C1)OO2. The molecule has 2 aliphatic heterocycles. The molecule has 0 aromatic rings. The number of hydrogen-bond acceptors (Lipinski definition) is 3. The van der Waals surface area contributed by atoms with Gasteiger partial charge in [0.05, 0.1) is 0 Å². The van der Waals surface area contributed by atoms with Crippen LogP contribution in [0.5, 0.6) is 0 Å². The topological polar surface area (TPSA) is 35.5 Å². The molecule has 2 heterocycles. The van der Waals surface area contributed by atoms with Crippen LogP contribution in [0.2, 0.25) is 0 Å². The van der Waals surface area contributed by atoms with Gasteiger partial charge in [0.1, 0.15) is 12.2 Å². The molecule has 0 spiro atoms. The Morgan fingerprint density at radius 2 is 2.33 bits per heavy atom. The number of carbonyl (C=O) groups excluding carboxylic acids is 1. The highest BCUT2D eigenvalue weighted by Gasteiger charge is 2.24. The highest BCUT2D eigenvalue weighted by Crippen LogP contribution is 2.23. The third-order valence-electron chi connectivity index (χ3n) is 2.04. The van der Waals surface area contributed by atoms with Crippen molar-refractivity contribution in [3.8, 4) is 0 Å². The van der Waals surface area contributed by atoms with Crippen molar-refractivity contribution in [3.05, 3.63) is 23.8 Å². The molecule has 2 atom stereocenters. The standard InChI is InChI=1S/C9H10O3/c1-6(10)7-4-8-2-3-9(5-7)12-11-8/h2-4,8-9H,5H2,1H3. The zero-order chi connectivity index (χ0) is 8.55. The molecular weight excluding hydrogens is 156 g/mol. The lowest BCUT2D eigenvalue weighted by molar-refractivity contribution is -0.327. The highest BCUT2D eigenvalue weighted by molar-refractivity contribution is 5.93. The summed E-state index contributed by atoms with van der Waals surface area (Å²) in [4.78, 5) is 21.0. The molecule has 3 rings (SSSR count). The third kappa shape index (κ3) is 1.33. The van der Waals surface area contributed by atoms with E-state index >= 15 is 0 Å². The van der Waals surface area contributed by atoms with E-state index in [2.05, 4.69) is 0 Å². The van der Waals surface area contributed by atoms with Gasteiger partial charge in [-0.1, -0.05) is 12.2 Å².